The lowest BCUT2D eigenvalue weighted by atomic mass is 9.84. The number of carbonyl (C=O) groups excluding carboxylic acids is 1. The second kappa shape index (κ2) is 7.02. The molecule has 2 fully saturated rings. The molecule has 1 aromatic heterocycles. The molecule has 0 aliphatic heterocycles. The molecule has 4 rings (SSSR count). The molecule has 2 aromatic rings. The van der Waals surface area contributed by atoms with Gasteiger partial charge in [0.1, 0.15) is 5.82 Å². The lowest BCUT2D eigenvalue weighted by Gasteiger charge is -2.29. The van der Waals surface area contributed by atoms with Gasteiger partial charge in [-0.05, 0) is 62.4 Å². The Bertz CT molecular complexity index is 817. The van der Waals surface area contributed by atoms with Crippen LogP contribution in [-0.4, -0.2) is 17.6 Å². The highest BCUT2D eigenvalue weighted by Gasteiger charge is 2.51. The van der Waals surface area contributed by atoms with E-state index in [1.807, 2.05) is 6.07 Å². The summed E-state index contributed by atoms with van der Waals surface area (Å²) in [4.78, 5) is 15.3. The monoisotopic (exact) mass is 387 g/mol. The van der Waals surface area contributed by atoms with E-state index in [0.717, 1.165) is 36.1 Å². The van der Waals surface area contributed by atoms with Crippen molar-refractivity contribution in [1.29, 1.82) is 0 Å². The first kappa shape index (κ1) is 18.6. The van der Waals surface area contributed by atoms with Gasteiger partial charge in [-0.25, -0.2) is 4.39 Å². The highest BCUT2D eigenvalue weighted by atomic mass is 32.1. The SMILES string of the molecule is C[C@@H](O)c1ccc(C2(CNC(=O)C3(c4ccc(F)cc4)CC3)CCCC2)s1. The topological polar surface area (TPSA) is 49.3 Å². The van der Waals surface area contributed by atoms with Gasteiger partial charge < -0.3 is 10.4 Å². The number of aliphatic hydroxyl groups is 1. The zero-order valence-corrected chi connectivity index (χ0v) is 16.4. The molecule has 2 aliphatic rings. The number of rotatable bonds is 6. The van der Waals surface area contributed by atoms with Crippen LogP contribution in [0.4, 0.5) is 4.39 Å². The number of thiophene rings is 1. The molecule has 0 saturated heterocycles. The van der Waals surface area contributed by atoms with Gasteiger partial charge in [0.05, 0.1) is 11.5 Å². The summed E-state index contributed by atoms with van der Waals surface area (Å²) in [5, 5.41) is 13.1. The van der Waals surface area contributed by atoms with E-state index in [-0.39, 0.29) is 17.1 Å². The Labute approximate surface area is 163 Å². The van der Waals surface area contributed by atoms with E-state index in [0.29, 0.717) is 6.54 Å². The fourth-order valence-electron chi connectivity index (χ4n) is 4.38. The number of carbonyl (C=O) groups is 1. The molecule has 0 spiro atoms. The molecule has 0 radical (unpaired) electrons. The normalized spacial score (nSPS) is 21.0. The van der Waals surface area contributed by atoms with Crippen LogP contribution in [-0.2, 0) is 15.6 Å². The van der Waals surface area contributed by atoms with Crippen molar-refractivity contribution >= 4 is 17.2 Å². The van der Waals surface area contributed by atoms with Crippen LogP contribution >= 0.6 is 11.3 Å². The summed E-state index contributed by atoms with van der Waals surface area (Å²) in [6, 6.07) is 10.5. The van der Waals surface area contributed by atoms with Gasteiger partial charge in [-0.2, -0.15) is 0 Å². The summed E-state index contributed by atoms with van der Waals surface area (Å²) in [6.45, 7) is 2.42. The van der Waals surface area contributed by atoms with Gasteiger partial charge in [-0.1, -0.05) is 25.0 Å². The molecule has 5 heteroatoms. The average molecular weight is 388 g/mol. The predicted octanol–water partition coefficient (Wildman–Crippen LogP) is 4.60. The van der Waals surface area contributed by atoms with Gasteiger partial charge in [0.15, 0.2) is 0 Å². The Morgan fingerprint density at radius 2 is 1.81 bits per heavy atom. The van der Waals surface area contributed by atoms with E-state index < -0.39 is 11.5 Å². The Balaban J connectivity index is 1.50. The molecule has 2 saturated carbocycles. The van der Waals surface area contributed by atoms with E-state index in [9.17, 15) is 14.3 Å². The first-order chi connectivity index (χ1) is 13.0. The molecule has 27 heavy (non-hydrogen) atoms. The fraction of sp³-hybridized carbons (Fsp3) is 0.500. The van der Waals surface area contributed by atoms with Gasteiger partial charge >= 0.3 is 0 Å². The Morgan fingerprint density at radius 1 is 1.15 bits per heavy atom. The second-order valence-corrected chi connectivity index (χ2v) is 9.25. The number of benzene rings is 1. The second-order valence-electron chi connectivity index (χ2n) is 8.14. The van der Waals surface area contributed by atoms with Gasteiger partial charge in [0.25, 0.3) is 0 Å². The van der Waals surface area contributed by atoms with E-state index >= 15 is 0 Å². The van der Waals surface area contributed by atoms with E-state index in [2.05, 4.69) is 11.4 Å². The molecule has 1 atom stereocenters. The Kier molecular flexibility index (Phi) is 4.85. The first-order valence-corrected chi connectivity index (χ1v) is 10.6. The van der Waals surface area contributed by atoms with Gasteiger partial charge in [-0.15, -0.1) is 11.3 Å². The third-order valence-electron chi connectivity index (χ3n) is 6.29. The quantitative estimate of drug-likeness (QED) is 0.761. The number of aliphatic hydroxyl groups excluding tert-OH is 1. The molecular weight excluding hydrogens is 361 g/mol. The smallest absolute Gasteiger partial charge is 0.230 e. The number of halogens is 1. The van der Waals surface area contributed by atoms with Crippen LogP contribution in [0.15, 0.2) is 36.4 Å². The van der Waals surface area contributed by atoms with Crippen molar-refractivity contribution in [3.8, 4) is 0 Å². The molecular formula is C22H26FNO2S. The molecule has 2 aliphatic carbocycles. The van der Waals surface area contributed by atoms with Gasteiger partial charge in [0, 0.05) is 21.7 Å². The van der Waals surface area contributed by atoms with Crippen LogP contribution in [0.25, 0.3) is 0 Å². The maximum absolute atomic E-state index is 13.2. The van der Waals surface area contributed by atoms with Crippen molar-refractivity contribution in [2.75, 3.05) is 6.54 Å². The van der Waals surface area contributed by atoms with Crippen molar-refractivity contribution in [2.24, 2.45) is 0 Å². The van der Waals surface area contributed by atoms with Crippen LogP contribution in [0.5, 0.6) is 0 Å². The highest BCUT2D eigenvalue weighted by molar-refractivity contribution is 7.12. The van der Waals surface area contributed by atoms with Crippen LogP contribution in [0, 0.1) is 5.82 Å². The molecule has 1 amide bonds. The Morgan fingerprint density at radius 3 is 2.37 bits per heavy atom. The third-order valence-corrected chi connectivity index (χ3v) is 7.79. The minimum Gasteiger partial charge on any atom is -0.388 e. The fourth-order valence-corrected chi connectivity index (χ4v) is 5.57. The molecule has 0 bridgehead atoms. The van der Waals surface area contributed by atoms with E-state index in [1.165, 1.54) is 29.9 Å². The zero-order valence-electron chi connectivity index (χ0n) is 15.6. The van der Waals surface area contributed by atoms with Crippen molar-refractivity contribution in [3.05, 3.63) is 57.5 Å². The van der Waals surface area contributed by atoms with Crippen LogP contribution in [0.2, 0.25) is 0 Å². The van der Waals surface area contributed by atoms with E-state index in [4.69, 9.17) is 0 Å². The molecule has 144 valence electrons. The standard InChI is InChI=1S/C22H26FNO2S/c1-15(25)18-8-9-19(27-18)21(10-2-3-11-21)14-24-20(26)22(12-13-22)16-4-6-17(23)7-5-16/h4-9,15,25H,2-3,10-14H2,1H3,(H,24,26)/t15-/m1/s1. The summed E-state index contributed by atoms with van der Waals surface area (Å²) < 4.78 is 13.2. The molecule has 1 heterocycles. The third kappa shape index (κ3) is 3.43. The van der Waals surface area contributed by atoms with Crippen LogP contribution < -0.4 is 5.32 Å². The minimum absolute atomic E-state index is 0.0215. The molecule has 2 N–H and O–H groups in total. The largest absolute Gasteiger partial charge is 0.388 e. The maximum atomic E-state index is 13.2. The predicted molar refractivity (Wildman–Crippen MR) is 105 cm³/mol. The number of amides is 1. The molecule has 1 aromatic carbocycles. The van der Waals surface area contributed by atoms with Gasteiger partial charge in [-0.3, -0.25) is 4.79 Å². The van der Waals surface area contributed by atoms with Crippen molar-refractivity contribution in [1.82, 2.24) is 5.32 Å². The zero-order chi connectivity index (χ0) is 19.1. The van der Waals surface area contributed by atoms with Crippen LogP contribution in [0.3, 0.4) is 0 Å². The Hall–Kier alpha value is -1.72. The average Bonchev–Trinajstić information content (AvgIpc) is 3.08. The molecule has 3 nitrogen and oxygen atoms in total. The maximum Gasteiger partial charge on any atom is 0.230 e. The number of nitrogens with one attached hydrogen (secondary N) is 1. The minimum atomic E-state index is -0.478. The summed E-state index contributed by atoms with van der Waals surface area (Å²) in [5.41, 5.74) is 0.412. The van der Waals surface area contributed by atoms with Crippen molar-refractivity contribution in [3.63, 3.8) is 0 Å². The summed E-state index contributed by atoms with van der Waals surface area (Å²) >= 11 is 1.67. The highest BCUT2D eigenvalue weighted by Crippen LogP contribution is 2.49. The van der Waals surface area contributed by atoms with Crippen LogP contribution in [0.1, 0.15) is 66.9 Å². The number of hydrogen-bond acceptors (Lipinski definition) is 3. The lowest BCUT2D eigenvalue weighted by Crippen LogP contribution is -2.43. The van der Waals surface area contributed by atoms with E-state index in [1.54, 1.807) is 30.4 Å². The summed E-state index contributed by atoms with van der Waals surface area (Å²) in [7, 11) is 0. The summed E-state index contributed by atoms with van der Waals surface area (Å²) in [5.74, 6) is -0.209. The summed E-state index contributed by atoms with van der Waals surface area (Å²) in [6.07, 6.45) is 5.66. The van der Waals surface area contributed by atoms with Crippen molar-refractivity contribution < 1.29 is 14.3 Å². The first-order valence-electron chi connectivity index (χ1n) is 9.78. The lowest BCUT2D eigenvalue weighted by molar-refractivity contribution is -0.123. The molecule has 0 unspecified atom stereocenters. The van der Waals surface area contributed by atoms with Gasteiger partial charge in [0.2, 0.25) is 5.91 Å². The number of hydrogen-bond donors (Lipinski definition) is 2. The van der Waals surface area contributed by atoms with Crippen molar-refractivity contribution in [2.45, 2.75) is 62.4 Å².